The third-order valence-corrected chi connectivity index (χ3v) is 5.18. The summed E-state index contributed by atoms with van der Waals surface area (Å²) in [7, 11) is 0. The summed E-state index contributed by atoms with van der Waals surface area (Å²) in [5.74, 6) is 0.939. The van der Waals surface area contributed by atoms with Crippen molar-refractivity contribution in [2.75, 3.05) is 17.6 Å². The van der Waals surface area contributed by atoms with Crippen molar-refractivity contribution < 1.29 is 4.79 Å². The highest BCUT2D eigenvalue weighted by Crippen LogP contribution is 2.38. The number of thioether (sulfide) groups is 1. The second-order valence-corrected chi connectivity index (χ2v) is 6.84. The minimum Gasteiger partial charge on any atom is -0.308 e. The Morgan fingerprint density at radius 3 is 2.77 bits per heavy atom. The fourth-order valence-corrected chi connectivity index (χ4v) is 4.02. The molecule has 2 aromatic rings. The zero-order valence-corrected chi connectivity index (χ0v) is 13.8. The largest absolute Gasteiger partial charge is 0.323 e. The molecule has 1 atom stereocenters. The smallest absolute Gasteiger partial charge is 0.308 e. The first-order chi connectivity index (χ1) is 10.6. The number of carbonyl (C=O) groups excluding carboxylic acids is 1. The van der Waals surface area contributed by atoms with Crippen LogP contribution in [0, 0.1) is 6.92 Å². The van der Waals surface area contributed by atoms with Gasteiger partial charge in [0.2, 0.25) is 0 Å². The van der Waals surface area contributed by atoms with E-state index >= 15 is 0 Å². The molecule has 0 radical (unpaired) electrons. The minimum atomic E-state index is -0.107. The average Bonchev–Trinajstić information content (AvgIpc) is 3.00. The third-order valence-electron chi connectivity index (χ3n) is 3.60. The summed E-state index contributed by atoms with van der Waals surface area (Å²) in [6, 6.07) is 15.6. The second-order valence-electron chi connectivity index (χ2n) is 5.24. The lowest BCUT2D eigenvalue weighted by Crippen LogP contribution is -2.34. The summed E-state index contributed by atoms with van der Waals surface area (Å²) >= 11 is 7.98. The number of urea groups is 1. The van der Waals surface area contributed by atoms with Crippen molar-refractivity contribution in [3.63, 3.8) is 0 Å². The monoisotopic (exact) mass is 332 g/mol. The number of aryl methyl sites for hydroxylation is 1. The summed E-state index contributed by atoms with van der Waals surface area (Å²) in [6.45, 7) is 2.71. The molecular formula is C17H17ClN2OS. The van der Waals surface area contributed by atoms with Gasteiger partial charge in [0, 0.05) is 12.3 Å². The number of nitrogens with zero attached hydrogens (tertiary/aromatic N) is 1. The molecule has 3 nitrogen and oxygen atoms in total. The van der Waals surface area contributed by atoms with E-state index in [4.69, 9.17) is 11.6 Å². The number of nitrogens with one attached hydrogen (secondary N) is 1. The lowest BCUT2D eigenvalue weighted by Gasteiger charge is -2.24. The maximum atomic E-state index is 12.6. The van der Waals surface area contributed by atoms with Gasteiger partial charge in [-0.1, -0.05) is 48.0 Å². The summed E-state index contributed by atoms with van der Waals surface area (Å²) in [6.07, 6.45) is 0. The summed E-state index contributed by atoms with van der Waals surface area (Å²) in [4.78, 5) is 14.4. The molecule has 5 heteroatoms. The highest BCUT2D eigenvalue weighted by Gasteiger charge is 2.30. The van der Waals surface area contributed by atoms with Crippen LogP contribution < -0.4 is 5.32 Å². The number of hydrogen-bond donors (Lipinski definition) is 1. The Bertz CT molecular complexity index is 678. The van der Waals surface area contributed by atoms with Gasteiger partial charge in [-0.3, -0.25) is 0 Å². The fourth-order valence-electron chi connectivity index (χ4n) is 2.48. The number of benzene rings is 2. The van der Waals surface area contributed by atoms with E-state index in [0.29, 0.717) is 10.7 Å². The molecule has 0 bridgehead atoms. The zero-order chi connectivity index (χ0) is 15.5. The molecule has 2 aromatic carbocycles. The van der Waals surface area contributed by atoms with E-state index < -0.39 is 0 Å². The molecule has 1 N–H and O–H groups in total. The maximum Gasteiger partial charge on any atom is 0.323 e. The van der Waals surface area contributed by atoms with Crippen molar-refractivity contribution in [2.45, 2.75) is 12.3 Å². The van der Waals surface area contributed by atoms with Crippen molar-refractivity contribution in [3.05, 3.63) is 64.7 Å². The number of anilines is 1. The number of carbonyl (C=O) groups is 1. The number of rotatable bonds is 2. The van der Waals surface area contributed by atoms with Crippen molar-refractivity contribution >= 4 is 35.1 Å². The van der Waals surface area contributed by atoms with Crippen LogP contribution in [0.2, 0.25) is 5.02 Å². The fraction of sp³-hybridized carbons (Fsp3) is 0.235. The molecule has 1 unspecified atom stereocenters. The Hall–Kier alpha value is -1.65. The van der Waals surface area contributed by atoms with Gasteiger partial charge in [-0.2, -0.15) is 0 Å². The zero-order valence-electron chi connectivity index (χ0n) is 12.3. The first-order valence-corrected chi connectivity index (χ1v) is 8.58. The van der Waals surface area contributed by atoms with Gasteiger partial charge in [-0.15, -0.1) is 11.8 Å². The van der Waals surface area contributed by atoms with Gasteiger partial charge in [0.25, 0.3) is 0 Å². The van der Waals surface area contributed by atoms with Gasteiger partial charge in [0.05, 0.1) is 10.7 Å². The van der Waals surface area contributed by atoms with Crippen LogP contribution in [0.25, 0.3) is 0 Å². The maximum absolute atomic E-state index is 12.6. The summed E-state index contributed by atoms with van der Waals surface area (Å²) < 4.78 is 0. The van der Waals surface area contributed by atoms with Crippen molar-refractivity contribution in [2.24, 2.45) is 0 Å². The van der Waals surface area contributed by atoms with Crippen molar-refractivity contribution in [3.8, 4) is 0 Å². The molecule has 0 saturated carbocycles. The molecule has 1 aliphatic rings. The van der Waals surface area contributed by atoms with E-state index in [1.165, 1.54) is 0 Å². The Labute approximate surface area is 139 Å². The van der Waals surface area contributed by atoms with Crippen LogP contribution in [0.15, 0.2) is 48.5 Å². The highest BCUT2D eigenvalue weighted by atomic mass is 35.5. The highest BCUT2D eigenvalue weighted by molar-refractivity contribution is 7.99. The molecular weight excluding hydrogens is 316 g/mol. The normalized spacial score (nSPS) is 17.5. The quantitative estimate of drug-likeness (QED) is 0.845. The van der Waals surface area contributed by atoms with E-state index in [1.807, 2.05) is 48.2 Å². The molecule has 0 spiro atoms. The van der Waals surface area contributed by atoms with Crippen LogP contribution in [0.4, 0.5) is 10.5 Å². The van der Waals surface area contributed by atoms with Crippen LogP contribution in [0.3, 0.4) is 0 Å². The molecule has 0 aromatic heterocycles. The summed E-state index contributed by atoms with van der Waals surface area (Å²) in [5.41, 5.74) is 2.87. The molecule has 1 heterocycles. The van der Waals surface area contributed by atoms with Crippen LogP contribution in [0.1, 0.15) is 16.5 Å². The molecule has 0 aliphatic carbocycles. The first kappa shape index (κ1) is 15.3. The van der Waals surface area contributed by atoms with Crippen LogP contribution in [-0.4, -0.2) is 23.2 Å². The Balaban J connectivity index is 1.76. The molecule has 22 heavy (non-hydrogen) atoms. The SMILES string of the molecule is Cc1ccc(NC(=O)N2CCSC2c2ccccc2)c(Cl)c1. The van der Waals surface area contributed by atoms with Gasteiger partial charge >= 0.3 is 6.03 Å². The molecule has 2 amide bonds. The van der Waals surface area contributed by atoms with Gasteiger partial charge in [0.1, 0.15) is 5.37 Å². The van der Waals surface area contributed by atoms with E-state index in [9.17, 15) is 4.79 Å². The van der Waals surface area contributed by atoms with E-state index in [2.05, 4.69) is 17.4 Å². The second kappa shape index (κ2) is 6.63. The van der Waals surface area contributed by atoms with E-state index in [-0.39, 0.29) is 11.4 Å². The topological polar surface area (TPSA) is 32.3 Å². The van der Waals surface area contributed by atoms with Crippen molar-refractivity contribution in [1.29, 1.82) is 0 Å². The number of hydrogen-bond acceptors (Lipinski definition) is 2. The van der Waals surface area contributed by atoms with Gasteiger partial charge < -0.3 is 10.2 Å². The first-order valence-electron chi connectivity index (χ1n) is 7.15. The molecule has 1 saturated heterocycles. The number of halogens is 1. The van der Waals surface area contributed by atoms with Crippen molar-refractivity contribution in [1.82, 2.24) is 4.90 Å². The summed E-state index contributed by atoms with van der Waals surface area (Å²) in [5, 5.41) is 3.55. The van der Waals surface area contributed by atoms with Crippen LogP contribution >= 0.6 is 23.4 Å². The van der Waals surface area contributed by atoms with Gasteiger partial charge in [-0.05, 0) is 30.2 Å². The number of amides is 2. The Morgan fingerprint density at radius 1 is 1.27 bits per heavy atom. The minimum absolute atomic E-state index is 0.0606. The Kier molecular flexibility index (Phi) is 4.60. The average molecular weight is 333 g/mol. The predicted molar refractivity (Wildman–Crippen MR) is 93.6 cm³/mol. The molecule has 114 valence electrons. The third kappa shape index (κ3) is 3.23. The van der Waals surface area contributed by atoms with E-state index in [1.54, 1.807) is 11.8 Å². The molecule has 3 rings (SSSR count). The Morgan fingerprint density at radius 2 is 2.05 bits per heavy atom. The van der Waals surface area contributed by atoms with Crippen LogP contribution in [-0.2, 0) is 0 Å². The molecule has 1 aliphatic heterocycles. The molecule has 1 fully saturated rings. The van der Waals surface area contributed by atoms with Crippen LogP contribution in [0.5, 0.6) is 0 Å². The lowest BCUT2D eigenvalue weighted by molar-refractivity contribution is 0.214. The van der Waals surface area contributed by atoms with Gasteiger partial charge in [-0.25, -0.2) is 4.79 Å². The van der Waals surface area contributed by atoms with E-state index in [0.717, 1.165) is 23.4 Å². The van der Waals surface area contributed by atoms with Gasteiger partial charge in [0.15, 0.2) is 0 Å². The predicted octanol–water partition coefficient (Wildman–Crippen LogP) is 4.93. The standard InChI is InChI=1S/C17H17ClN2OS/c1-12-7-8-15(14(18)11-12)19-17(21)20-9-10-22-16(20)13-5-3-2-4-6-13/h2-8,11,16H,9-10H2,1H3,(H,19,21). The lowest BCUT2D eigenvalue weighted by atomic mass is 10.2.